The van der Waals surface area contributed by atoms with E-state index < -0.39 is 18.1 Å². The minimum atomic E-state index is -1.15. The predicted octanol–water partition coefficient (Wildman–Crippen LogP) is 3.77. The third kappa shape index (κ3) is 4.59. The lowest BCUT2D eigenvalue weighted by molar-refractivity contribution is -0.139. The van der Waals surface area contributed by atoms with Crippen molar-refractivity contribution in [1.82, 2.24) is 5.32 Å². The fourth-order valence-corrected chi connectivity index (χ4v) is 3.02. The molecule has 0 unspecified atom stereocenters. The molecule has 1 amide bonds. The van der Waals surface area contributed by atoms with Crippen molar-refractivity contribution >= 4 is 22.8 Å². The fraction of sp³-hybridized carbons (Fsp3) is 0.182. The van der Waals surface area contributed by atoms with Crippen LogP contribution in [-0.2, 0) is 22.6 Å². The third-order valence-electron chi connectivity index (χ3n) is 4.39. The standard InChI is InChI=1S/C22H21NO5/c1-27-20-17(12-11-16-9-5-6-10-18(16)20)13-19(21(24)25)23-22(26)28-14-15-7-3-2-4-8-15/h2-12,19H,13-14H2,1H3,(H,23,26)(H,24,25)/t19-/m0/s1. The molecule has 3 rings (SSSR count). The highest BCUT2D eigenvalue weighted by Gasteiger charge is 2.23. The number of amides is 1. The van der Waals surface area contributed by atoms with E-state index in [1.165, 1.54) is 0 Å². The molecule has 0 saturated carbocycles. The largest absolute Gasteiger partial charge is 0.496 e. The van der Waals surface area contributed by atoms with Gasteiger partial charge in [-0.2, -0.15) is 0 Å². The summed E-state index contributed by atoms with van der Waals surface area (Å²) in [4.78, 5) is 23.7. The molecule has 0 saturated heterocycles. The Morgan fingerprint density at radius 2 is 1.71 bits per heavy atom. The van der Waals surface area contributed by atoms with Gasteiger partial charge in [0.15, 0.2) is 0 Å². The number of fused-ring (bicyclic) bond motifs is 1. The van der Waals surface area contributed by atoms with Crippen LogP contribution in [-0.4, -0.2) is 30.3 Å². The SMILES string of the molecule is COc1c(C[C@H](NC(=O)OCc2ccccc2)C(=O)O)ccc2ccccc12. The van der Waals surface area contributed by atoms with Gasteiger partial charge < -0.3 is 19.9 Å². The maximum Gasteiger partial charge on any atom is 0.408 e. The Hall–Kier alpha value is -3.54. The summed E-state index contributed by atoms with van der Waals surface area (Å²) in [6.45, 7) is 0.0678. The minimum Gasteiger partial charge on any atom is -0.496 e. The van der Waals surface area contributed by atoms with Crippen LogP contribution in [0.5, 0.6) is 5.75 Å². The first-order valence-corrected chi connectivity index (χ1v) is 8.83. The number of hydrogen-bond donors (Lipinski definition) is 2. The first-order chi connectivity index (χ1) is 13.6. The number of rotatable bonds is 7. The first kappa shape index (κ1) is 19.2. The number of hydrogen-bond acceptors (Lipinski definition) is 4. The Morgan fingerprint density at radius 1 is 1.00 bits per heavy atom. The number of carboxylic acid groups (broad SMARTS) is 1. The van der Waals surface area contributed by atoms with Crippen LogP contribution in [0.3, 0.4) is 0 Å². The maximum absolute atomic E-state index is 12.1. The fourth-order valence-electron chi connectivity index (χ4n) is 3.02. The van der Waals surface area contributed by atoms with Crippen molar-refractivity contribution in [1.29, 1.82) is 0 Å². The molecule has 28 heavy (non-hydrogen) atoms. The highest BCUT2D eigenvalue weighted by Crippen LogP contribution is 2.30. The van der Waals surface area contributed by atoms with E-state index in [1.54, 1.807) is 7.11 Å². The molecule has 3 aromatic rings. The lowest BCUT2D eigenvalue weighted by Crippen LogP contribution is -2.42. The number of carbonyl (C=O) groups is 2. The number of aliphatic carboxylic acids is 1. The van der Waals surface area contributed by atoms with E-state index in [9.17, 15) is 14.7 Å². The second-order valence-corrected chi connectivity index (χ2v) is 6.28. The number of methoxy groups -OCH3 is 1. The monoisotopic (exact) mass is 379 g/mol. The van der Waals surface area contributed by atoms with Crippen molar-refractivity contribution in [2.24, 2.45) is 0 Å². The number of ether oxygens (including phenoxy) is 2. The zero-order valence-electron chi connectivity index (χ0n) is 15.4. The van der Waals surface area contributed by atoms with Crippen LogP contribution in [0.25, 0.3) is 10.8 Å². The van der Waals surface area contributed by atoms with Gasteiger partial charge in [-0.05, 0) is 16.5 Å². The van der Waals surface area contributed by atoms with E-state index in [0.717, 1.165) is 16.3 Å². The third-order valence-corrected chi connectivity index (χ3v) is 4.39. The molecule has 0 aromatic heterocycles. The molecular weight excluding hydrogens is 358 g/mol. The molecule has 0 aliphatic carbocycles. The van der Waals surface area contributed by atoms with Gasteiger partial charge in [-0.25, -0.2) is 9.59 Å². The van der Waals surface area contributed by atoms with E-state index in [-0.39, 0.29) is 13.0 Å². The lowest BCUT2D eigenvalue weighted by atomic mass is 10.00. The Balaban J connectivity index is 1.72. The summed E-state index contributed by atoms with van der Waals surface area (Å²) in [5.41, 5.74) is 1.51. The smallest absolute Gasteiger partial charge is 0.408 e. The predicted molar refractivity (Wildman–Crippen MR) is 105 cm³/mol. The molecule has 3 aromatic carbocycles. The van der Waals surface area contributed by atoms with Crippen molar-refractivity contribution in [2.75, 3.05) is 7.11 Å². The molecule has 0 radical (unpaired) electrons. The molecular formula is C22H21NO5. The number of carboxylic acids is 1. The van der Waals surface area contributed by atoms with Crippen molar-refractivity contribution in [3.05, 3.63) is 77.9 Å². The van der Waals surface area contributed by atoms with Crippen molar-refractivity contribution in [3.63, 3.8) is 0 Å². The molecule has 144 valence electrons. The highest BCUT2D eigenvalue weighted by molar-refractivity contribution is 5.90. The number of benzene rings is 3. The minimum absolute atomic E-state index is 0.0678. The Labute approximate surface area is 162 Å². The topological polar surface area (TPSA) is 84.9 Å². The average Bonchev–Trinajstić information content (AvgIpc) is 2.72. The first-order valence-electron chi connectivity index (χ1n) is 8.83. The zero-order valence-corrected chi connectivity index (χ0v) is 15.4. The molecule has 0 aliphatic heterocycles. The van der Waals surface area contributed by atoms with Gasteiger partial charge in [0, 0.05) is 11.8 Å². The number of nitrogens with one attached hydrogen (secondary N) is 1. The lowest BCUT2D eigenvalue weighted by Gasteiger charge is -2.17. The van der Waals surface area contributed by atoms with Gasteiger partial charge in [0.1, 0.15) is 18.4 Å². The quantitative estimate of drug-likeness (QED) is 0.653. The van der Waals surface area contributed by atoms with Gasteiger partial charge in [0.25, 0.3) is 0 Å². The van der Waals surface area contributed by atoms with E-state index in [0.29, 0.717) is 11.3 Å². The Kier molecular flexibility index (Phi) is 6.11. The van der Waals surface area contributed by atoms with E-state index in [1.807, 2.05) is 66.7 Å². The molecule has 0 spiro atoms. The second kappa shape index (κ2) is 8.90. The summed E-state index contributed by atoms with van der Waals surface area (Å²) in [6.07, 6.45) is -0.708. The summed E-state index contributed by atoms with van der Waals surface area (Å²) >= 11 is 0. The highest BCUT2D eigenvalue weighted by atomic mass is 16.5. The normalized spacial score (nSPS) is 11.6. The van der Waals surface area contributed by atoms with Crippen molar-refractivity contribution < 1.29 is 24.2 Å². The molecule has 2 N–H and O–H groups in total. The van der Waals surface area contributed by atoms with Crippen LogP contribution in [0.15, 0.2) is 66.7 Å². The van der Waals surface area contributed by atoms with Gasteiger partial charge >= 0.3 is 12.1 Å². The van der Waals surface area contributed by atoms with Crippen LogP contribution >= 0.6 is 0 Å². The summed E-state index contributed by atoms with van der Waals surface area (Å²) < 4.78 is 10.6. The summed E-state index contributed by atoms with van der Waals surface area (Å²) in [5, 5.41) is 13.8. The molecule has 0 fully saturated rings. The van der Waals surface area contributed by atoms with E-state index >= 15 is 0 Å². The molecule has 6 nitrogen and oxygen atoms in total. The summed E-state index contributed by atoms with van der Waals surface area (Å²) in [6, 6.07) is 19.4. The average molecular weight is 379 g/mol. The molecule has 0 bridgehead atoms. The zero-order chi connectivity index (χ0) is 19.9. The van der Waals surface area contributed by atoms with Crippen LogP contribution < -0.4 is 10.1 Å². The van der Waals surface area contributed by atoms with Crippen LogP contribution in [0, 0.1) is 0 Å². The van der Waals surface area contributed by atoms with Crippen LogP contribution in [0.1, 0.15) is 11.1 Å². The van der Waals surface area contributed by atoms with Gasteiger partial charge in [-0.15, -0.1) is 0 Å². The Bertz CT molecular complexity index is 971. The summed E-state index contributed by atoms with van der Waals surface area (Å²) in [7, 11) is 1.54. The van der Waals surface area contributed by atoms with Crippen LogP contribution in [0.4, 0.5) is 4.79 Å². The van der Waals surface area contributed by atoms with Gasteiger partial charge in [-0.3, -0.25) is 0 Å². The molecule has 6 heteroatoms. The molecule has 0 aliphatic rings. The summed E-state index contributed by atoms with van der Waals surface area (Å²) in [5.74, 6) is -0.546. The Morgan fingerprint density at radius 3 is 2.43 bits per heavy atom. The molecule has 0 heterocycles. The van der Waals surface area contributed by atoms with Gasteiger partial charge in [0.05, 0.1) is 7.11 Å². The van der Waals surface area contributed by atoms with E-state index in [2.05, 4.69) is 5.32 Å². The van der Waals surface area contributed by atoms with Crippen molar-refractivity contribution in [2.45, 2.75) is 19.1 Å². The van der Waals surface area contributed by atoms with Crippen LogP contribution in [0.2, 0.25) is 0 Å². The van der Waals surface area contributed by atoms with Gasteiger partial charge in [0.2, 0.25) is 0 Å². The van der Waals surface area contributed by atoms with Crippen molar-refractivity contribution in [3.8, 4) is 5.75 Å². The van der Waals surface area contributed by atoms with Gasteiger partial charge in [-0.1, -0.05) is 66.7 Å². The van der Waals surface area contributed by atoms with E-state index in [4.69, 9.17) is 9.47 Å². The number of carbonyl (C=O) groups excluding carboxylic acids is 1. The second-order valence-electron chi connectivity index (χ2n) is 6.28. The molecule has 1 atom stereocenters. The maximum atomic E-state index is 12.1. The number of alkyl carbamates (subject to hydrolysis) is 1.